The average Bonchev–Trinajstić information content (AvgIpc) is 3.28. The van der Waals surface area contributed by atoms with Crippen molar-refractivity contribution in [2.45, 2.75) is 15.0 Å². The summed E-state index contributed by atoms with van der Waals surface area (Å²) in [6.45, 7) is 0.290. The van der Waals surface area contributed by atoms with Crippen LogP contribution in [0.25, 0.3) is 0 Å². The number of rotatable bonds is 7. The Balaban J connectivity index is 1.62. The van der Waals surface area contributed by atoms with Gasteiger partial charge in [0.2, 0.25) is 10.0 Å². The molecule has 0 radical (unpaired) electrons. The van der Waals surface area contributed by atoms with Crippen molar-refractivity contribution in [2.75, 3.05) is 19.8 Å². The first kappa shape index (κ1) is 21.8. The van der Waals surface area contributed by atoms with Crippen molar-refractivity contribution in [1.82, 2.24) is 4.72 Å². The van der Waals surface area contributed by atoms with Gasteiger partial charge in [0.25, 0.3) is 0 Å². The molecule has 1 N–H and O–H groups in total. The number of halogens is 1. The van der Waals surface area contributed by atoms with Gasteiger partial charge in [0, 0.05) is 17.5 Å². The molecule has 0 saturated carbocycles. The first-order chi connectivity index (χ1) is 14.8. The minimum absolute atomic E-state index is 0.0686. The maximum Gasteiger partial charge on any atom is 0.240 e. The zero-order valence-electron chi connectivity index (χ0n) is 16.0. The van der Waals surface area contributed by atoms with E-state index in [0.29, 0.717) is 29.6 Å². The van der Waals surface area contributed by atoms with Gasteiger partial charge in [-0.25, -0.2) is 25.9 Å². The molecule has 4 rings (SSSR count). The summed E-state index contributed by atoms with van der Waals surface area (Å²) in [5.74, 6) is 0.189. The van der Waals surface area contributed by atoms with Crippen LogP contribution in [0, 0.1) is 5.82 Å². The number of hydrogen-bond donors (Lipinski definition) is 1. The van der Waals surface area contributed by atoms with Crippen LogP contribution >= 0.6 is 11.3 Å². The van der Waals surface area contributed by atoms with E-state index < -0.39 is 37.5 Å². The number of thiophene rings is 1. The van der Waals surface area contributed by atoms with Gasteiger partial charge < -0.3 is 9.47 Å². The topological polar surface area (TPSA) is 98.8 Å². The van der Waals surface area contributed by atoms with Crippen molar-refractivity contribution in [3.05, 3.63) is 70.7 Å². The van der Waals surface area contributed by atoms with Gasteiger partial charge in [0.1, 0.15) is 24.3 Å². The van der Waals surface area contributed by atoms with Crippen molar-refractivity contribution in [2.24, 2.45) is 0 Å². The number of sulfone groups is 1. The van der Waals surface area contributed by atoms with E-state index in [9.17, 15) is 21.2 Å². The highest BCUT2D eigenvalue weighted by molar-refractivity contribution is 7.92. The molecule has 1 aliphatic rings. The van der Waals surface area contributed by atoms with Gasteiger partial charge in [0.05, 0.1) is 9.79 Å². The summed E-state index contributed by atoms with van der Waals surface area (Å²) in [6.07, 6.45) is 0. The molecule has 0 spiro atoms. The monoisotopic (exact) mass is 483 g/mol. The fourth-order valence-corrected chi connectivity index (χ4v) is 7.04. The van der Waals surface area contributed by atoms with E-state index in [1.54, 1.807) is 17.5 Å². The van der Waals surface area contributed by atoms with Gasteiger partial charge in [-0.2, -0.15) is 0 Å². The smallest absolute Gasteiger partial charge is 0.240 e. The zero-order chi connectivity index (χ0) is 22.1. The fourth-order valence-electron chi connectivity index (χ4n) is 3.09. The van der Waals surface area contributed by atoms with E-state index in [1.807, 2.05) is 0 Å². The first-order valence-corrected chi connectivity index (χ1v) is 13.1. The van der Waals surface area contributed by atoms with Gasteiger partial charge in [-0.1, -0.05) is 6.07 Å². The Bertz CT molecular complexity index is 1270. The lowest BCUT2D eigenvalue weighted by Crippen LogP contribution is -2.31. The van der Waals surface area contributed by atoms with Crippen LogP contribution in [-0.4, -0.2) is 36.6 Å². The van der Waals surface area contributed by atoms with Gasteiger partial charge in [-0.05, 0) is 47.8 Å². The van der Waals surface area contributed by atoms with Crippen LogP contribution in [0.5, 0.6) is 11.5 Å². The molecule has 2 aromatic carbocycles. The Labute approximate surface area is 183 Å². The predicted octanol–water partition coefficient (Wildman–Crippen LogP) is 3.15. The number of nitrogens with one attached hydrogen (secondary N) is 1. The first-order valence-electron chi connectivity index (χ1n) is 9.19. The maximum atomic E-state index is 13.3. The van der Waals surface area contributed by atoms with Crippen LogP contribution in [0.2, 0.25) is 0 Å². The second kappa shape index (κ2) is 8.58. The highest BCUT2D eigenvalue weighted by Crippen LogP contribution is 2.34. The second-order valence-electron chi connectivity index (χ2n) is 6.66. The SMILES string of the molecule is O=S(=O)(NC[C@@H](c1cccs1)S(=O)(=O)c1ccc(F)cc1)c1ccc2c(c1)OCCO2. The molecule has 0 fully saturated rings. The summed E-state index contributed by atoms with van der Waals surface area (Å²) in [6, 6.07) is 11.9. The Kier molecular flexibility index (Phi) is 6.02. The normalized spacial score (nSPS) is 14.9. The van der Waals surface area contributed by atoms with Gasteiger partial charge in [0.15, 0.2) is 21.3 Å². The van der Waals surface area contributed by atoms with Crippen molar-refractivity contribution in [1.29, 1.82) is 0 Å². The van der Waals surface area contributed by atoms with E-state index in [4.69, 9.17) is 9.47 Å². The fraction of sp³-hybridized carbons (Fsp3) is 0.200. The highest BCUT2D eigenvalue weighted by atomic mass is 32.2. The average molecular weight is 484 g/mol. The lowest BCUT2D eigenvalue weighted by Gasteiger charge is -2.20. The molecule has 0 saturated heterocycles. The number of benzene rings is 2. The molecule has 1 aromatic heterocycles. The van der Waals surface area contributed by atoms with E-state index in [-0.39, 0.29) is 9.79 Å². The molecule has 1 atom stereocenters. The summed E-state index contributed by atoms with van der Waals surface area (Å²) < 4.78 is 78.6. The van der Waals surface area contributed by atoms with Gasteiger partial charge in [-0.3, -0.25) is 0 Å². The standard InChI is InChI=1S/C20H18FNO6S3/c21-14-3-5-15(6-4-14)30(23,24)20(19-2-1-11-29-19)13-22-31(25,26)16-7-8-17-18(12-16)28-10-9-27-17/h1-8,11-12,20,22H,9-10,13H2/t20-/m0/s1. The predicted molar refractivity (Wildman–Crippen MR) is 113 cm³/mol. The summed E-state index contributed by atoms with van der Waals surface area (Å²) in [5, 5.41) is 0.530. The molecule has 0 amide bonds. The number of ether oxygens (including phenoxy) is 2. The molecule has 11 heteroatoms. The summed E-state index contributed by atoms with van der Waals surface area (Å²) in [5.41, 5.74) is 0. The molecule has 0 unspecified atom stereocenters. The van der Waals surface area contributed by atoms with Crippen molar-refractivity contribution in [3.63, 3.8) is 0 Å². The minimum Gasteiger partial charge on any atom is -0.486 e. The second-order valence-corrected chi connectivity index (χ2v) is 11.5. The molecule has 31 heavy (non-hydrogen) atoms. The van der Waals surface area contributed by atoms with Crippen molar-refractivity contribution < 1.29 is 30.7 Å². The quantitative estimate of drug-likeness (QED) is 0.519. The van der Waals surface area contributed by atoms with Gasteiger partial charge >= 0.3 is 0 Å². The highest BCUT2D eigenvalue weighted by Gasteiger charge is 2.32. The molecular formula is C20H18FNO6S3. The van der Waals surface area contributed by atoms with Crippen LogP contribution in [0.4, 0.5) is 4.39 Å². The number of sulfonamides is 1. The van der Waals surface area contributed by atoms with E-state index in [2.05, 4.69) is 4.72 Å². The third-order valence-corrected chi connectivity index (χ3v) is 9.32. The molecule has 1 aliphatic heterocycles. The van der Waals surface area contributed by atoms with Gasteiger partial charge in [-0.15, -0.1) is 11.3 Å². The number of fused-ring (bicyclic) bond motifs is 1. The Hall–Kier alpha value is -2.47. The summed E-state index contributed by atoms with van der Waals surface area (Å²) in [7, 11) is -8.02. The van der Waals surface area contributed by atoms with Crippen LogP contribution in [0.3, 0.4) is 0 Å². The molecule has 0 aliphatic carbocycles. The third-order valence-electron chi connectivity index (χ3n) is 4.66. The Morgan fingerprint density at radius 2 is 1.61 bits per heavy atom. The lowest BCUT2D eigenvalue weighted by atomic mass is 10.3. The minimum atomic E-state index is -4.03. The van der Waals surface area contributed by atoms with E-state index >= 15 is 0 Å². The van der Waals surface area contributed by atoms with Crippen molar-refractivity contribution in [3.8, 4) is 11.5 Å². The zero-order valence-corrected chi connectivity index (χ0v) is 18.5. The summed E-state index contributed by atoms with van der Waals surface area (Å²) >= 11 is 1.20. The molecule has 7 nitrogen and oxygen atoms in total. The largest absolute Gasteiger partial charge is 0.486 e. The molecule has 2 heterocycles. The Morgan fingerprint density at radius 3 is 2.29 bits per heavy atom. The number of hydrogen-bond acceptors (Lipinski definition) is 7. The molecule has 0 bridgehead atoms. The van der Waals surface area contributed by atoms with E-state index in [0.717, 1.165) is 12.1 Å². The summed E-state index contributed by atoms with van der Waals surface area (Å²) in [4.78, 5) is 0.306. The van der Waals surface area contributed by atoms with E-state index in [1.165, 1.54) is 41.7 Å². The third kappa shape index (κ3) is 4.59. The van der Waals surface area contributed by atoms with Crippen LogP contribution in [0.1, 0.15) is 10.1 Å². The van der Waals surface area contributed by atoms with Crippen LogP contribution in [-0.2, 0) is 19.9 Å². The van der Waals surface area contributed by atoms with Crippen LogP contribution in [0.15, 0.2) is 69.8 Å². The maximum absolute atomic E-state index is 13.3. The molecular weight excluding hydrogens is 465 g/mol. The van der Waals surface area contributed by atoms with Crippen LogP contribution < -0.4 is 14.2 Å². The Morgan fingerprint density at radius 1 is 0.935 bits per heavy atom. The molecule has 164 valence electrons. The lowest BCUT2D eigenvalue weighted by molar-refractivity contribution is 0.171. The molecule has 3 aromatic rings. The van der Waals surface area contributed by atoms with Crippen molar-refractivity contribution >= 4 is 31.2 Å².